The van der Waals surface area contributed by atoms with Crippen LogP contribution in [-0.2, 0) is 4.79 Å². The van der Waals surface area contributed by atoms with Crippen LogP contribution in [0.15, 0.2) is 0 Å². The van der Waals surface area contributed by atoms with E-state index in [9.17, 15) is 4.79 Å². The van der Waals surface area contributed by atoms with Crippen molar-refractivity contribution in [3.63, 3.8) is 0 Å². The van der Waals surface area contributed by atoms with Crippen molar-refractivity contribution in [3.8, 4) is 0 Å². The number of hydrogen-bond acceptors (Lipinski definition) is 3. The maximum atomic E-state index is 12.1. The zero-order valence-electron chi connectivity index (χ0n) is 9.90. The van der Waals surface area contributed by atoms with Crippen molar-refractivity contribution < 1.29 is 4.79 Å². The van der Waals surface area contributed by atoms with Gasteiger partial charge in [0.15, 0.2) is 0 Å². The molecule has 88 valence electrons. The Morgan fingerprint density at radius 3 is 2.87 bits per heavy atom. The van der Waals surface area contributed by atoms with Gasteiger partial charge in [-0.15, -0.1) is 0 Å². The number of carbonyl (C=O) groups excluding carboxylic acids is 1. The lowest BCUT2D eigenvalue weighted by Crippen LogP contribution is -2.53. The van der Waals surface area contributed by atoms with Gasteiger partial charge in [0.2, 0.25) is 5.91 Å². The van der Waals surface area contributed by atoms with Crippen LogP contribution in [0.3, 0.4) is 0 Å². The Hall–Kier alpha value is -0.220. The number of carbonyl (C=O) groups is 1. The molecule has 3 nitrogen and oxygen atoms in total. The first-order valence-corrected chi connectivity index (χ1v) is 6.87. The number of amides is 1. The molecule has 1 saturated heterocycles. The summed E-state index contributed by atoms with van der Waals surface area (Å²) < 4.78 is 0. The van der Waals surface area contributed by atoms with Gasteiger partial charge in [0.1, 0.15) is 0 Å². The molecular weight excluding hydrogens is 208 g/mol. The highest BCUT2D eigenvalue weighted by Gasteiger charge is 2.29. The summed E-state index contributed by atoms with van der Waals surface area (Å²) in [6.07, 6.45) is 0.962. The third kappa shape index (κ3) is 3.11. The second-order valence-electron chi connectivity index (χ2n) is 4.37. The molecule has 1 rings (SSSR count). The van der Waals surface area contributed by atoms with E-state index in [-0.39, 0.29) is 17.9 Å². The summed E-state index contributed by atoms with van der Waals surface area (Å²) in [7, 11) is 0. The van der Waals surface area contributed by atoms with Crippen molar-refractivity contribution in [1.82, 2.24) is 4.90 Å². The van der Waals surface area contributed by atoms with Crippen LogP contribution in [0.5, 0.6) is 0 Å². The lowest BCUT2D eigenvalue weighted by atomic mass is 9.98. The molecule has 0 spiro atoms. The molecule has 0 radical (unpaired) electrons. The van der Waals surface area contributed by atoms with Crippen molar-refractivity contribution in [2.45, 2.75) is 39.3 Å². The number of thioether (sulfide) groups is 1. The lowest BCUT2D eigenvalue weighted by Gasteiger charge is -2.35. The number of nitrogens with zero attached hydrogens (tertiary/aromatic N) is 1. The fourth-order valence-electron chi connectivity index (χ4n) is 1.74. The van der Waals surface area contributed by atoms with Gasteiger partial charge in [-0.2, -0.15) is 11.8 Å². The molecule has 3 atom stereocenters. The van der Waals surface area contributed by atoms with Crippen LogP contribution in [0.4, 0.5) is 0 Å². The molecule has 0 aliphatic carbocycles. The van der Waals surface area contributed by atoms with E-state index in [1.54, 1.807) is 0 Å². The van der Waals surface area contributed by atoms with E-state index in [4.69, 9.17) is 5.73 Å². The molecule has 0 bridgehead atoms. The molecule has 0 aromatic heterocycles. The molecule has 1 fully saturated rings. The van der Waals surface area contributed by atoms with Gasteiger partial charge in [0.25, 0.3) is 0 Å². The molecule has 2 N–H and O–H groups in total. The predicted molar refractivity (Wildman–Crippen MR) is 65.9 cm³/mol. The Morgan fingerprint density at radius 2 is 2.33 bits per heavy atom. The molecule has 1 heterocycles. The SMILES string of the molecule is CCC(C)[C@H](N)C(=O)N1CCSCC1C. The molecule has 0 saturated carbocycles. The number of hydrogen-bond donors (Lipinski definition) is 1. The largest absolute Gasteiger partial charge is 0.337 e. The molecule has 0 aromatic rings. The lowest BCUT2D eigenvalue weighted by molar-refractivity contribution is -0.135. The minimum Gasteiger partial charge on any atom is -0.337 e. The van der Waals surface area contributed by atoms with Crippen molar-refractivity contribution >= 4 is 17.7 Å². The van der Waals surface area contributed by atoms with E-state index < -0.39 is 0 Å². The van der Waals surface area contributed by atoms with E-state index in [1.165, 1.54) is 0 Å². The Balaban J connectivity index is 2.57. The van der Waals surface area contributed by atoms with Gasteiger partial charge in [-0.05, 0) is 12.8 Å². The van der Waals surface area contributed by atoms with Crippen molar-refractivity contribution in [1.29, 1.82) is 0 Å². The molecular formula is C11H22N2OS. The number of nitrogens with two attached hydrogens (primary N) is 1. The summed E-state index contributed by atoms with van der Waals surface area (Å²) in [6, 6.07) is 0.0203. The number of rotatable bonds is 3. The Bertz CT molecular complexity index is 223. The zero-order valence-corrected chi connectivity index (χ0v) is 10.7. The van der Waals surface area contributed by atoms with Crippen LogP contribution in [0, 0.1) is 5.92 Å². The van der Waals surface area contributed by atoms with Crippen LogP contribution >= 0.6 is 11.8 Å². The topological polar surface area (TPSA) is 46.3 Å². The van der Waals surface area contributed by atoms with Gasteiger partial charge in [-0.25, -0.2) is 0 Å². The molecule has 4 heteroatoms. The average molecular weight is 230 g/mol. The third-order valence-corrected chi connectivity index (χ3v) is 4.38. The third-order valence-electron chi connectivity index (χ3n) is 3.19. The monoisotopic (exact) mass is 230 g/mol. The summed E-state index contributed by atoms with van der Waals surface area (Å²) in [5, 5.41) is 0. The van der Waals surface area contributed by atoms with Crippen LogP contribution in [-0.4, -0.2) is 40.9 Å². The van der Waals surface area contributed by atoms with E-state index in [0.717, 1.165) is 24.5 Å². The highest BCUT2D eigenvalue weighted by atomic mass is 32.2. The van der Waals surface area contributed by atoms with Crippen molar-refractivity contribution in [2.24, 2.45) is 11.7 Å². The molecule has 1 aliphatic rings. The van der Waals surface area contributed by atoms with Gasteiger partial charge in [-0.3, -0.25) is 4.79 Å². The highest BCUT2D eigenvalue weighted by Crippen LogP contribution is 2.18. The van der Waals surface area contributed by atoms with E-state index >= 15 is 0 Å². The van der Waals surface area contributed by atoms with Gasteiger partial charge in [0.05, 0.1) is 6.04 Å². The summed E-state index contributed by atoms with van der Waals surface area (Å²) in [4.78, 5) is 14.1. The summed E-state index contributed by atoms with van der Waals surface area (Å²) in [6.45, 7) is 7.08. The summed E-state index contributed by atoms with van der Waals surface area (Å²) in [5.41, 5.74) is 5.97. The second kappa shape index (κ2) is 5.75. The first-order chi connectivity index (χ1) is 7.07. The van der Waals surface area contributed by atoms with Gasteiger partial charge < -0.3 is 10.6 Å². The Kier molecular flexibility index (Phi) is 4.93. The minimum absolute atomic E-state index is 0.136. The van der Waals surface area contributed by atoms with Gasteiger partial charge >= 0.3 is 0 Å². The average Bonchev–Trinajstić information content (AvgIpc) is 2.26. The fourth-order valence-corrected chi connectivity index (χ4v) is 2.76. The molecule has 1 amide bonds. The second-order valence-corrected chi connectivity index (χ2v) is 5.52. The van der Waals surface area contributed by atoms with Gasteiger partial charge in [-0.1, -0.05) is 20.3 Å². The summed E-state index contributed by atoms with van der Waals surface area (Å²) in [5.74, 6) is 2.50. The normalized spacial score (nSPS) is 26.1. The first kappa shape index (κ1) is 12.8. The van der Waals surface area contributed by atoms with Crippen LogP contribution in [0.2, 0.25) is 0 Å². The predicted octanol–water partition coefficient (Wildman–Crippen LogP) is 1.32. The Morgan fingerprint density at radius 1 is 1.67 bits per heavy atom. The molecule has 2 unspecified atom stereocenters. The van der Waals surface area contributed by atoms with Crippen LogP contribution in [0.25, 0.3) is 0 Å². The van der Waals surface area contributed by atoms with Gasteiger partial charge in [0, 0.05) is 24.1 Å². The molecule has 15 heavy (non-hydrogen) atoms. The molecule has 1 aliphatic heterocycles. The summed E-state index contributed by atoms with van der Waals surface area (Å²) >= 11 is 1.92. The highest BCUT2D eigenvalue weighted by molar-refractivity contribution is 7.99. The van der Waals surface area contributed by atoms with E-state index in [2.05, 4.69) is 13.8 Å². The van der Waals surface area contributed by atoms with Crippen LogP contribution in [0.1, 0.15) is 27.2 Å². The maximum Gasteiger partial charge on any atom is 0.240 e. The minimum atomic E-state index is -0.319. The quantitative estimate of drug-likeness (QED) is 0.795. The van der Waals surface area contributed by atoms with E-state index in [0.29, 0.717) is 6.04 Å². The smallest absolute Gasteiger partial charge is 0.240 e. The van der Waals surface area contributed by atoms with Crippen molar-refractivity contribution in [2.75, 3.05) is 18.1 Å². The van der Waals surface area contributed by atoms with Crippen LogP contribution < -0.4 is 5.73 Å². The standard InChI is InChI=1S/C11H22N2OS/c1-4-8(2)10(12)11(14)13-5-6-15-7-9(13)3/h8-10H,4-7,12H2,1-3H3/t8?,9?,10-/m0/s1. The zero-order chi connectivity index (χ0) is 11.4. The molecule has 0 aromatic carbocycles. The van der Waals surface area contributed by atoms with Crippen molar-refractivity contribution in [3.05, 3.63) is 0 Å². The maximum absolute atomic E-state index is 12.1. The first-order valence-electron chi connectivity index (χ1n) is 5.71. The fraction of sp³-hybridized carbons (Fsp3) is 0.909. The van der Waals surface area contributed by atoms with E-state index in [1.807, 2.05) is 23.6 Å². The Labute approximate surface area is 96.8 Å².